The van der Waals surface area contributed by atoms with Gasteiger partial charge in [-0.15, -0.1) is 0 Å². The molecule has 0 saturated carbocycles. The molecule has 0 aliphatic heterocycles. The molecule has 25 heavy (non-hydrogen) atoms. The van der Waals surface area contributed by atoms with E-state index in [0.29, 0.717) is 0 Å². The van der Waals surface area contributed by atoms with Crippen LogP contribution in [0.15, 0.2) is 59.0 Å². The standard InChI is InChI=1S/C23H21NO/c1-3-4-7-15-10-12-19-18(14-15)16-11-13-21-22(23(16)24(19)2)17-8-5-6-9-20(17)25-21/h5-6,8-14H,3-4,7H2,1-2H3. The fourth-order valence-corrected chi connectivity index (χ4v) is 4.11. The highest BCUT2D eigenvalue weighted by Crippen LogP contribution is 2.38. The van der Waals surface area contributed by atoms with Gasteiger partial charge in [-0.2, -0.15) is 0 Å². The molecule has 0 fully saturated rings. The molecule has 0 atom stereocenters. The first-order valence-corrected chi connectivity index (χ1v) is 9.09. The molecule has 124 valence electrons. The van der Waals surface area contributed by atoms with Gasteiger partial charge in [-0.1, -0.05) is 37.6 Å². The average molecular weight is 327 g/mol. The number of para-hydroxylation sites is 1. The van der Waals surface area contributed by atoms with Crippen LogP contribution in [0.3, 0.4) is 0 Å². The van der Waals surface area contributed by atoms with Gasteiger partial charge in [0.2, 0.25) is 0 Å². The molecule has 0 amide bonds. The Balaban J connectivity index is 1.91. The Morgan fingerprint density at radius 1 is 0.880 bits per heavy atom. The molecule has 0 aliphatic carbocycles. The zero-order valence-electron chi connectivity index (χ0n) is 14.7. The first-order chi connectivity index (χ1) is 12.3. The van der Waals surface area contributed by atoms with Gasteiger partial charge in [-0.05, 0) is 48.7 Å². The quantitative estimate of drug-likeness (QED) is 0.366. The molecule has 0 N–H and O–H groups in total. The number of nitrogens with zero attached hydrogens (tertiary/aromatic N) is 1. The topological polar surface area (TPSA) is 18.1 Å². The maximum Gasteiger partial charge on any atom is 0.137 e. The van der Waals surface area contributed by atoms with Crippen molar-refractivity contribution in [2.24, 2.45) is 7.05 Å². The molecule has 3 aromatic carbocycles. The van der Waals surface area contributed by atoms with E-state index in [1.54, 1.807) is 0 Å². The fourth-order valence-electron chi connectivity index (χ4n) is 4.11. The second-order valence-corrected chi connectivity index (χ2v) is 6.95. The first kappa shape index (κ1) is 14.6. The van der Waals surface area contributed by atoms with E-state index in [1.165, 1.54) is 51.0 Å². The molecule has 0 saturated heterocycles. The van der Waals surface area contributed by atoms with Gasteiger partial charge >= 0.3 is 0 Å². The number of hydrogen-bond donors (Lipinski definition) is 0. The van der Waals surface area contributed by atoms with Gasteiger partial charge in [0, 0.05) is 28.7 Å². The lowest BCUT2D eigenvalue weighted by molar-refractivity contribution is 0.669. The Kier molecular flexibility index (Phi) is 3.14. The lowest BCUT2D eigenvalue weighted by Gasteiger charge is -2.02. The van der Waals surface area contributed by atoms with Gasteiger partial charge in [0.1, 0.15) is 11.2 Å². The van der Waals surface area contributed by atoms with Crippen LogP contribution in [0.4, 0.5) is 0 Å². The molecule has 2 aromatic heterocycles. The fraction of sp³-hybridized carbons (Fsp3) is 0.217. The molecule has 0 radical (unpaired) electrons. The van der Waals surface area contributed by atoms with Crippen LogP contribution < -0.4 is 0 Å². The van der Waals surface area contributed by atoms with Crippen LogP contribution >= 0.6 is 0 Å². The molecule has 5 aromatic rings. The highest BCUT2D eigenvalue weighted by atomic mass is 16.3. The van der Waals surface area contributed by atoms with Gasteiger partial charge in [0.15, 0.2) is 0 Å². The highest BCUT2D eigenvalue weighted by Gasteiger charge is 2.16. The van der Waals surface area contributed by atoms with E-state index in [2.05, 4.69) is 61.0 Å². The summed E-state index contributed by atoms with van der Waals surface area (Å²) in [5.41, 5.74) is 5.90. The van der Waals surface area contributed by atoms with Crippen LogP contribution in [-0.2, 0) is 13.5 Å². The van der Waals surface area contributed by atoms with Crippen LogP contribution in [0.5, 0.6) is 0 Å². The molecule has 0 bridgehead atoms. The Morgan fingerprint density at radius 3 is 2.64 bits per heavy atom. The largest absolute Gasteiger partial charge is 0.456 e. The van der Waals surface area contributed by atoms with E-state index >= 15 is 0 Å². The zero-order chi connectivity index (χ0) is 17.0. The summed E-state index contributed by atoms with van der Waals surface area (Å²) in [6, 6.07) is 19.6. The van der Waals surface area contributed by atoms with Gasteiger partial charge in [-0.25, -0.2) is 0 Å². The van der Waals surface area contributed by atoms with Crippen LogP contribution in [0, 0.1) is 0 Å². The number of furan rings is 1. The number of hydrogen-bond acceptors (Lipinski definition) is 1. The third-order valence-corrected chi connectivity index (χ3v) is 5.38. The lowest BCUT2D eigenvalue weighted by atomic mass is 10.0. The molecule has 2 heteroatoms. The van der Waals surface area contributed by atoms with Crippen molar-refractivity contribution in [1.82, 2.24) is 4.57 Å². The minimum Gasteiger partial charge on any atom is -0.456 e. The monoisotopic (exact) mass is 327 g/mol. The third kappa shape index (κ3) is 2.03. The molecule has 2 heterocycles. The van der Waals surface area contributed by atoms with Crippen molar-refractivity contribution in [2.75, 3.05) is 0 Å². The Labute approximate surface area is 146 Å². The minimum atomic E-state index is 0.957. The van der Waals surface area contributed by atoms with Gasteiger partial charge in [0.05, 0.1) is 10.9 Å². The maximum absolute atomic E-state index is 6.08. The highest BCUT2D eigenvalue weighted by molar-refractivity contribution is 6.23. The molecule has 0 aliphatic rings. The summed E-state index contributed by atoms with van der Waals surface area (Å²) in [7, 11) is 2.16. The van der Waals surface area contributed by atoms with Crippen molar-refractivity contribution in [2.45, 2.75) is 26.2 Å². The summed E-state index contributed by atoms with van der Waals surface area (Å²) >= 11 is 0. The minimum absolute atomic E-state index is 0.957. The van der Waals surface area contributed by atoms with E-state index in [1.807, 2.05) is 12.1 Å². The van der Waals surface area contributed by atoms with E-state index in [9.17, 15) is 0 Å². The number of aryl methyl sites for hydroxylation is 2. The van der Waals surface area contributed by atoms with Crippen LogP contribution in [0.2, 0.25) is 0 Å². The second kappa shape index (κ2) is 5.38. The molecule has 0 spiro atoms. The summed E-state index contributed by atoms with van der Waals surface area (Å²) in [5.74, 6) is 0. The first-order valence-electron chi connectivity index (χ1n) is 9.09. The van der Waals surface area contributed by atoms with E-state index in [0.717, 1.165) is 17.6 Å². The van der Waals surface area contributed by atoms with Crippen molar-refractivity contribution in [3.05, 3.63) is 60.2 Å². The summed E-state index contributed by atoms with van der Waals surface area (Å²) in [6.07, 6.45) is 3.63. The molecular weight excluding hydrogens is 306 g/mol. The van der Waals surface area contributed by atoms with Crippen molar-refractivity contribution in [3.63, 3.8) is 0 Å². The van der Waals surface area contributed by atoms with E-state index in [-0.39, 0.29) is 0 Å². The van der Waals surface area contributed by atoms with Crippen molar-refractivity contribution < 1.29 is 4.42 Å². The molecule has 2 nitrogen and oxygen atoms in total. The Hall–Kier alpha value is -2.74. The summed E-state index contributed by atoms with van der Waals surface area (Å²) < 4.78 is 8.39. The van der Waals surface area contributed by atoms with Gasteiger partial charge < -0.3 is 8.98 Å². The number of unbranched alkanes of at least 4 members (excludes halogenated alkanes) is 1. The summed E-state index contributed by atoms with van der Waals surface area (Å²) in [4.78, 5) is 0. The molecule has 5 rings (SSSR count). The molecular formula is C23H21NO. The van der Waals surface area contributed by atoms with E-state index < -0.39 is 0 Å². The normalized spacial score (nSPS) is 12.1. The van der Waals surface area contributed by atoms with Crippen molar-refractivity contribution >= 4 is 43.7 Å². The number of fused-ring (bicyclic) bond motifs is 7. The van der Waals surface area contributed by atoms with Crippen LogP contribution in [0.1, 0.15) is 25.3 Å². The zero-order valence-corrected chi connectivity index (χ0v) is 14.7. The van der Waals surface area contributed by atoms with Crippen molar-refractivity contribution in [3.8, 4) is 0 Å². The lowest BCUT2D eigenvalue weighted by Crippen LogP contribution is -1.88. The number of aromatic nitrogens is 1. The van der Waals surface area contributed by atoms with Gasteiger partial charge in [-0.3, -0.25) is 0 Å². The predicted octanol–water partition coefficient (Wildman–Crippen LogP) is 6.57. The predicted molar refractivity (Wildman–Crippen MR) is 106 cm³/mol. The van der Waals surface area contributed by atoms with E-state index in [4.69, 9.17) is 4.42 Å². The second-order valence-electron chi connectivity index (χ2n) is 6.95. The SMILES string of the molecule is CCCCc1ccc2c(c1)c1ccc3oc4ccccc4c3c1n2C. The average Bonchev–Trinajstić information content (AvgIpc) is 3.15. The molecule has 0 unspecified atom stereocenters. The Morgan fingerprint density at radius 2 is 1.76 bits per heavy atom. The summed E-state index contributed by atoms with van der Waals surface area (Å²) in [5, 5.41) is 5.08. The maximum atomic E-state index is 6.08. The van der Waals surface area contributed by atoms with Gasteiger partial charge in [0.25, 0.3) is 0 Å². The number of rotatable bonds is 3. The van der Waals surface area contributed by atoms with Crippen LogP contribution in [0.25, 0.3) is 43.7 Å². The smallest absolute Gasteiger partial charge is 0.137 e. The number of benzene rings is 3. The summed E-state index contributed by atoms with van der Waals surface area (Å²) in [6.45, 7) is 2.25. The Bertz CT molecular complexity index is 1240. The third-order valence-electron chi connectivity index (χ3n) is 5.38. The van der Waals surface area contributed by atoms with Crippen LogP contribution in [-0.4, -0.2) is 4.57 Å². The van der Waals surface area contributed by atoms with Crippen molar-refractivity contribution in [1.29, 1.82) is 0 Å².